The fraction of sp³-hybridized carbons (Fsp3) is 0.462. The fourth-order valence-electron chi connectivity index (χ4n) is 4.22. The summed E-state index contributed by atoms with van der Waals surface area (Å²) in [4.78, 5) is 33.7. The molecule has 172 valence electrons. The number of pyridine rings is 1. The van der Waals surface area contributed by atoms with E-state index in [1.165, 1.54) is 0 Å². The molecule has 33 heavy (non-hydrogen) atoms. The molecule has 2 aromatic rings. The number of aromatic nitrogens is 1. The van der Waals surface area contributed by atoms with Gasteiger partial charge in [0.25, 0.3) is 5.91 Å². The van der Waals surface area contributed by atoms with Gasteiger partial charge in [-0.15, -0.1) is 0 Å². The molecule has 1 aliphatic carbocycles. The van der Waals surface area contributed by atoms with Crippen LogP contribution in [0.15, 0.2) is 42.6 Å². The Labute approximate surface area is 195 Å². The van der Waals surface area contributed by atoms with Crippen molar-refractivity contribution in [2.24, 2.45) is 0 Å². The highest BCUT2D eigenvalue weighted by Gasteiger charge is 2.39. The van der Waals surface area contributed by atoms with E-state index in [0.717, 1.165) is 36.8 Å². The van der Waals surface area contributed by atoms with Crippen LogP contribution < -0.4 is 0 Å². The average Bonchev–Trinajstić information content (AvgIpc) is 3.64. The van der Waals surface area contributed by atoms with Gasteiger partial charge in [0.05, 0.1) is 0 Å². The number of hydrogen-bond donors (Lipinski definition) is 0. The lowest BCUT2D eigenvalue weighted by molar-refractivity contribution is 0.0142. The Kier molecular flexibility index (Phi) is 6.37. The Hall–Kier alpha value is -3.40. The number of hydrogen-bond acceptors (Lipinski definition) is 5. The van der Waals surface area contributed by atoms with E-state index in [1.54, 1.807) is 17.2 Å². The molecule has 7 nitrogen and oxygen atoms in total. The molecule has 1 aliphatic heterocycles. The standard InChI is InChI=1S/C26H30N4O3/c1-26(2,3)33-25(32)29-14-12-23(13-15-29)30(22-10-11-22)24(31)19-6-4-18(5-7-19)20-8-9-21(16-27)28-17-20/h4-9,17,22-23H,10-15H2,1-3H3. The molecular formula is C26H30N4O3. The predicted molar refractivity (Wildman–Crippen MR) is 124 cm³/mol. The molecule has 2 aliphatic rings. The van der Waals surface area contributed by atoms with Crippen molar-refractivity contribution in [3.8, 4) is 17.2 Å². The van der Waals surface area contributed by atoms with Gasteiger partial charge in [-0.1, -0.05) is 12.1 Å². The van der Waals surface area contributed by atoms with Gasteiger partial charge < -0.3 is 14.5 Å². The first-order chi connectivity index (χ1) is 15.7. The molecule has 0 N–H and O–H groups in total. The van der Waals surface area contributed by atoms with E-state index in [1.807, 2.05) is 62.1 Å². The van der Waals surface area contributed by atoms with E-state index in [4.69, 9.17) is 10.00 Å². The summed E-state index contributed by atoms with van der Waals surface area (Å²) in [6.45, 7) is 6.80. The second-order valence-corrected chi connectivity index (χ2v) is 9.76. The highest BCUT2D eigenvalue weighted by molar-refractivity contribution is 5.95. The number of likely N-dealkylation sites (tertiary alicyclic amines) is 1. The molecule has 1 saturated carbocycles. The Morgan fingerprint density at radius 1 is 1.00 bits per heavy atom. The fourth-order valence-corrected chi connectivity index (χ4v) is 4.22. The number of benzene rings is 1. The molecule has 2 amide bonds. The van der Waals surface area contributed by atoms with Crippen molar-refractivity contribution < 1.29 is 14.3 Å². The molecule has 2 heterocycles. The summed E-state index contributed by atoms with van der Waals surface area (Å²) in [5, 5.41) is 8.91. The van der Waals surface area contributed by atoms with Crippen molar-refractivity contribution in [1.82, 2.24) is 14.8 Å². The SMILES string of the molecule is CC(C)(C)OC(=O)N1CCC(N(C(=O)c2ccc(-c3ccc(C#N)nc3)cc2)C2CC2)CC1. The van der Waals surface area contributed by atoms with Crippen molar-refractivity contribution in [3.63, 3.8) is 0 Å². The molecule has 4 rings (SSSR count). The first-order valence-electron chi connectivity index (χ1n) is 11.5. The number of piperidine rings is 1. The number of carbonyl (C=O) groups is 2. The van der Waals surface area contributed by atoms with Gasteiger partial charge in [-0.3, -0.25) is 4.79 Å². The molecule has 0 unspecified atom stereocenters. The average molecular weight is 447 g/mol. The van der Waals surface area contributed by atoms with Gasteiger partial charge in [-0.2, -0.15) is 5.26 Å². The summed E-state index contributed by atoms with van der Waals surface area (Å²) in [5.41, 5.74) is 2.39. The third-order valence-corrected chi connectivity index (χ3v) is 6.03. The van der Waals surface area contributed by atoms with Crippen molar-refractivity contribution >= 4 is 12.0 Å². The Morgan fingerprint density at radius 2 is 1.61 bits per heavy atom. The van der Waals surface area contributed by atoms with Gasteiger partial charge in [-0.05, 0) is 76.3 Å². The van der Waals surface area contributed by atoms with Crippen molar-refractivity contribution in [2.45, 2.75) is 64.1 Å². The summed E-state index contributed by atoms with van der Waals surface area (Å²) in [5.74, 6) is 0.0534. The predicted octanol–water partition coefficient (Wildman–Crippen LogP) is 4.62. The van der Waals surface area contributed by atoms with E-state index >= 15 is 0 Å². The quantitative estimate of drug-likeness (QED) is 0.684. The molecular weight excluding hydrogens is 416 g/mol. The van der Waals surface area contributed by atoms with Crippen LogP contribution in [0, 0.1) is 11.3 Å². The number of nitriles is 1. The Bertz CT molecular complexity index is 1040. The summed E-state index contributed by atoms with van der Waals surface area (Å²) in [6.07, 6.45) is 4.98. The number of amides is 2. The second kappa shape index (κ2) is 9.22. The molecule has 0 radical (unpaired) electrons. The second-order valence-electron chi connectivity index (χ2n) is 9.76. The first kappa shape index (κ1) is 22.8. The van der Waals surface area contributed by atoms with Crippen LogP contribution in [0.3, 0.4) is 0 Å². The normalized spacial score (nSPS) is 16.7. The topological polar surface area (TPSA) is 86.5 Å². The Balaban J connectivity index is 1.42. The number of carbonyl (C=O) groups excluding carboxylic acids is 2. The maximum atomic E-state index is 13.4. The van der Waals surface area contributed by atoms with Crippen LogP contribution in [0.1, 0.15) is 62.5 Å². The third-order valence-electron chi connectivity index (χ3n) is 6.03. The zero-order valence-corrected chi connectivity index (χ0v) is 19.5. The van der Waals surface area contributed by atoms with Gasteiger partial charge >= 0.3 is 6.09 Å². The van der Waals surface area contributed by atoms with Gasteiger partial charge in [0.15, 0.2) is 0 Å². The number of nitrogens with zero attached hydrogens (tertiary/aromatic N) is 4. The van der Waals surface area contributed by atoms with Crippen LogP contribution in [0.2, 0.25) is 0 Å². The number of ether oxygens (including phenoxy) is 1. The van der Waals surface area contributed by atoms with Crippen LogP contribution >= 0.6 is 0 Å². The van der Waals surface area contributed by atoms with Crippen LogP contribution in [0.5, 0.6) is 0 Å². The molecule has 7 heteroatoms. The van der Waals surface area contributed by atoms with E-state index in [0.29, 0.717) is 24.3 Å². The van der Waals surface area contributed by atoms with Crippen LogP contribution in [-0.2, 0) is 4.74 Å². The van der Waals surface area contributed by atoms with E-state index in [9.17, 15) is 9.59 Å². The molecule has 1 aromatic carbocycles. The lowest BCUT2D eigenvalue weighted by Gasteiger charge is -2.39. The van der Waals surface area contributed by atoms with Crippen LogP contribution in [-0.4, -0.2) is 57.6 Å². The number of rotatable bonds is 4. The molecule has 1 aromatic heterocycles. The zero-order valence-electron chi connectivity index (χ0n) is 19.5. The van der Waals surface area contributed by atoms with Crippen LogP contribution in [0.4, 0.5) is 4.79 Å². The van der Waals surface area contributed by atoms with Crippen LogP contribution in [0.25, 0.3) is 11.1 Å². The Morgan fingerprint density at radius 3 is 2.12 bits per heavy atom. The minimum Gasteiger partial charge on any atom is -0.444 e. The van der Waals surface area contributed by atoms with E-state index < -0.39 is 5.60 Å². The van der Waals surface area contributed by atoms with E-state index in [-0.39, 0.29) is 24.1 Å². The third kappa shape index (κ3) is 5.51. The maximum Gasteiger partial charge on any atom is 0.410 e. The van der Waals surface area contributed by atoms with Crippen molar-refractivity contribution in [3.05, 3.63) is 53.9 Å². The lowest BCUT2D eigenvalue weighted by atomic mass is 10.0. The van der Waals surface area contributed by atoms with E-state index in [2.05, 4.69) is 4.98 Å². The zero-order chi connectivity index (χ0) is 23.6. The van der Waals surface area contributed by atoms with Crippen molar-refractivity contribution in [1.29, 1.82) is 5.26 Å². The highest BCUT2D eigenvalue weighted by atomic mass is 16.6. The lowest BCUT2D eigenvalue weighted by Crippen LogP contribution is -2.50. The van der Waals surface area contributed by atoms with Gasteiger partial charge in [0.2, 0.25) is 0 Å². The first-order valence-corrected chi connectivity index (χ1v) is 11.5. The smallest absolute Gasteiger partial charge is 0.410 e. The van der Waals surface area contributed by atoms with Gasteiger partial charge in [-0.25, -0.2) is 9.78 Å². The largest absolute Gasteiger partial charge is 0.444 e. The summed E-state index contributed by atoms with van der Waals surface area (Å²) in [7, 11) is 0. The summed E-state index contributed by atoms with van der Waals surface area (Å²) >= 11 is 0. The monoisotopic (exact) mass is 446 g/mol. The minimum atomic E-state index is -0.510. The molecule has 2 fully saturated rings. The van der Waals surface area contributed by atoms with Gasteiger partial charge in [0.1, 0.15) is 17.4 Å². The molecule has 0 bridgehead atoms. The summed E-state index contributed by atoms with van der Waals surface area (Å²) in [6, 6.07) is 13.6. The molecule has 0 atom stereocenters. The minimum absolute atomic E-state index is 0.0534. The molecule has 0 spiro atoms. The summed E-state index contributed by atoms with van der Waals surface area (Å²) < 4.78 is 5.50. The highest BCUT2D eigenvalue weighted by Crippen LogP contribution is 2.34. The van der Waals surface area contributed by atoms with Crippen molar-refractivity contribution in [2.75, 3.05) is 13.1 Å². The maximum absolute atomic E-state index is 13.4. The van der Waals surface area contributed by atoms with Gasteiger partial charge in [0, 0.05) is 42.5 Å². The molecule has 1 saturated heterocycles.